The van der Waals surface area contributed by atoms with Crippen molar-refractivity contribution in [3.63, 3.8) is 0 Å². The highest BCUT2D eigenvalue weighted by molar-refractivity contribution is 5.83. The average molecular weight is 212 g/mol. The minimum Gasteiger partial charge on any atom is -0.370 e. The van der Waals surface area contributed by atoms with E-state index in [1.807, 2.05) is 0 Å². The van der Waals surface area contributed by atoms with Crippen LogP contribution in [0.4, 0.5) is 0 Å². The van der Waals surface area contributed by atoms with E-state index in [2.05, 4.69) is 36.1 Å². The van der Waals surface area contributed by atoms with Crippen molar-refractivity contribution in [1.82, 2.24) is 10.6 Å². The maximum absolute atomic E-state index is 11.1. The molecule has 4 N–H and O–H groups in total. The van der Waals surface area contributed by atoms with Crippen LogP contribution in [0.5, 0.6) is 0 Å². The molecule has 0 spiro atoms. The summed E-state index contributed by atoms with van der Waals surface area (Å²) < 4.78 is 0. The van der Waals surface area contributed by atoms with Crippen molar-refractivity contribution in [3.8, 4) is 0 Å². The van der Waals surface area contributed by atoms with Gasteiger partial charge in [-0.05, 0) is 5.92 Å². The second-order valence-corrected chi connectivity index (χ2v) is 3.57. The van der Waals surface area contributed by atoms with Gasteiger partial charge in [-0.15, -0.1) is 6.58 Å². The molecular formula is C10H20N4O. The van der Waals surface area contributed by atoms with Crippen LogP contribution >= 0.6 is 0 Å². The summed E-state index contributed by atoms with van der Waals surface area (Å²) in [6.07, 6.45) is 1.61. The highest BCUT2D eigenvalue weighted by atomic mass is 16.1. The van der Waals surface area contributed by atoms with Crippen LogP contribution in [0.2, 0.25) is 0 Å². The van der Waals surface area contributed by atoms with Crippen LogP contribution in [0.25, 0.3) is 0 Å². The van der Waals surface area contributed by atoms with Crippen LogP contribution < -0.4 is 16.4 Å². The molecule has 0 aromatic heterocycles. The fourth-order valence-electron chi connectivity index (χ4n) is 0.763. The highest BCUT2D eigenvalue weighted by Gasteiger charge is 1.98. The Labute approximate surface area is 90.8 Å². The molecule has 0 heterocycles. The largest absolute Gasteiger partial charge is 0.370 e. The van der Waals surface area contributed by atoms with Crippen molar-refractivity contribution in [2.24, 2.45) is 16.6 Å². The van der Waals surface area contributed by atoms with E-state index in [-0.39, 0.29) is 12.5 Å². The number of aliphatic imine (C=N–C) groups is 1. The first-order valence-corrected chi connectivity index (χ1v) is 4.97. The lowest BCUT2D eigenvalue weighted by Crippen LogP contribution is -2.36. The molecule has 5 heteroatoms. The van der Waals surface area contributed by atoms with E-state index in [1.165, 1.54) is 0 Å². The molecule has 0 aromatic rings. The van der Waals surface area contributed by atoms with E-state index >= 15 is 0 Å². The predicted octanol–water partition coefficient (Wildman–Crippen LogP) is -0.151. The summed E-state index contributed by atoms with van der Waals surface area (Å²) in [5.74, 6) is 0.634. The zero-order valence-corrected chi connectivity index (χ0v) is 9.42. The van der Waals surface area contributed by atoms with Crippen LogP contribution in [-0.4, -0.2) is 31.5 Å². The Bertz CT molecular complexity index is 236. The van der Waals surface area contributed by atoms with Gasteiger partial charge in [-0.25, -0.2) is 4.99 Å². The normalized spacial score (nSPS) is 11.3. The van der Waals surface area contributed by atoms with Gasteiger partial charge in [0.1, 0.15) is 6.54 Å². The molecule has 0 radical (unpaired) electrons. The van der Waals surface area contributed by atoms with Gasteiger partial charge in [0.05, 0.1) is 0 Å². The van der Waals surface area contributed by atoms with Crippen LogP contribution in [-0.2, 0) is 4.79 Å². The third-order valence-electron chi connectivity index (χ3n) is 1.53. The first-order chi connectivity index (χ1) is 7.06. The Balaban J connectivity index is 3.73. The molecule has 0 aromatic carbocycles. The number of amides is 1. The van der Waals surface area contributed by atoms with Gasteiger partial charge in [-0.2, -0.15) is 0 Å². The second-order valence-electron chi connectivity index (χ2n) is 3.57. The third kappa shape index (κ3) is 8.80. The van der Waals surface area contributed by atoms with Crippen LogP contribution in [0, 0.1) is 5.92 Å². The Morgan fingerprint density at radius 2 is 2.20 bits per heavy atom. The van der Waals surface area contributed by atoms with Gasteiger partial charge >= 0.3 is 0 Å². The smallest absolute Gasteiger partial charge is 0.242 e. The number of hydrogen-bond acceptors (Lipinski definition) is 2. The Morgan fingerprint density at radius 3 is 2.73 bits per heavy atom. The number of carbonyl (C=O) groups excluding carboxylic acids is 1. The van der Waals surface area contributed by atoms with Gasteiger partial charge in [-0.1, -0.05) is 19.9 Å². The van der Waals surface area contributed by atoms with Crippen molar-refractivity contribution in [1.29, 1.82) is 0 Å². The minimum atomic E-state index is -0.163. The topological polar surface area (TPSA) is 79.5 Å². The summed E-state index contributed by atoms with van der Waals surface area (Å²) in [5, 5.41) is 5.53. The van der Waals surface area contributed by atoms with Crippen LogP contribution in [0.1, 0.15) is 13.8 Å². The molecule has 0 aliphatic heterocycles. The fraction of sp³-hybridized carbons (Fsp3) is 0.600. The van der Waals surface area contributed by atoms with Gasteiger partial charge < -0.3 is 16.4 Å². The Kier molecular flexibility index (Phi) is 7.05. The van der Waals surface area contributed by atoms with E-state index < -0.39 is 0 Å². The predicted molar refractivity (Wildman–Crippen MR) is 62.5 cm³/mol. The standard InChI is InChI=1S/C10H20N4O/c1-4-5-12-9(15)7-14-10(11)13-6-8(2)3/h4,8H,1,5-7H2,2-3H3,(H,12,15)(H3,11,13,14). The summed E-state index contributed by atoms with van der Waals surface area (Å²) in [6.45, 7) is 8.87. The molecule has 0 rings (SSSR count). The number of carbonyl (C=O) groups is 1. The van der Waals surface area contributed by atoms with E-state index in [1.54, 1.807) is 6.08 Å². The molecule has 0 aliphatic rings. The monoisotopic (exact) mass is 212 g/mol. The molecule has 0 aliphatic carbocycles. The maximum Gasteiger partial charge on any atom is 0.242 e. The van der Waals surface area contributed by atoms with Crippen molar-refractivity contribution in [3.05, 3.63) is 12.7 Å². The van der Waals surface area contributed by atoms with E-state index in [0.717, 1.165) is 6.54 Å². The van der Waals surface area contributed by atoms with Crippen LogP contribution in [0.15, 0.2) is 17.6 Å². The number of hydrogen-bond donors (Lipinski definition) is 3. The lowest BCUT2D eigenvalue weighted by atomic mass is 10.2. The molecule has 0 atom stereocenters. The lowest BCUT2D eigenvalue weighted by molar-refractivity contribution is -0.119. The molecule has 0 saturated heterocycles. The maximum atomic E-state index is 11.1. The molecule has 0 unspecified atom stereocenters. The van der Waals surface area contributed by atoms with Crippen molar-refractivity contribution in [2.45, 2.75) is 13.8 Å². The van der Waals surface area contributed by atoms with Gasteiger partial charge in [-0.3, -0.25) is 4.79 Å². The summed E-state index contributed by atoms with van der Waals surface area (Å²) in [7, 11) is 0. The van der Waals surface area contributed by atoms with Crippen molar-refractivity contribution in [2.75, 3.05) is 19.6 Å². The first kappa shape index (κ1) is 13.5. The molecule has 0 bridgehead atoms. The van der Waals surface area contributed by atoms with E-state index in [9.17, 15) is 4.79 Å². The molecule has 86 valence electrons. The Morgan fingerprint density at radius 1 is 1.53 bits per heavy atom. The molecule has 0 fully saturated rings. The number of guanidine groups is 1. The van der Waals surface area contributed by atoms with Gasteiger partial charge in [0.25, 0.3) is 0 Å². The number of nitrogens with two attached hydrogens (primary N) is 1. The zero-order valence-electron chi connectivity index (χ0n) is 9.42. The molecule has 15 heavy (non-hydrogen) atoms. The highest BCUT2D eigenvalue weighted by Crippen LogP contribution is 1.85. The second kappa shape index (κ2) is 7.84. The summed E-state index contributed by atoms with van der Waals surface area (Å²) in [5.41, 5.74) is 5.54. The van der Waals surface area contributed by atoms with Gasteiger partial charge in [0, 0.05) is 13.1 Å². The molecule has 1 amide bonds. The SMILES string of the molecule is C=CCNC(=O)CN=C(N)NCC(C)C. The van der Waals surface area contributed by atoms with Crippen LogP contribution in [0.3, 0.4) is 0 Å². The van der Waals surface area contributed by atoms with Crippen molar-refractivity contribution >= 4 is 11.9 Å². The lowest BCUT2D eigenvalue weighted by Gasteiger charge is -2.07. The first-order valence-electron chi connectivity index (χ1n) is 4.97. The summed E-state index contributed by atoms with van der Waals surface area (Å²) in [4.78, 5) is 15.0. The number of rotatable bonds is 6. The number of nitrogens with one attached hydrogen (secondary N) is 2. The van der Waals surface area contributed by atoms with Gasteiger partial charge in [0.2, 0.25) is 5.91 Å². The minimum absolute atomic E-state index is 0.0464. The molecule has 5 nitrogen and oxygen atoms in total. The third-order valence-corrected chi connectivity index (χ3v) is 1.53. The van der Waals surface area contributed by atoms with E-state index in [4.69, 9.17) is 5.73 Å². The van der Waals surface area contributed by atoms with E-state index in [0.29, 0.717) is 18.4 Å². The zero-order chi connectivity index (χ0) is 11.7. The molecular weight excluding hydrogens is 192 g/mol. The Hall–Kier alpha value is -1.52. The molecule has 0 saturated carbocycles. The van der Waals surface area contributed by atoms with Crippen molar-refractivity contribution < 1.29 is 4.79 Å². The summed E-state index contributed by atoms with van der Waals surface area (Å²) in [6, 6.07) is 0. The number of nitrogens with zero attached hydrogens (tertiary/aromatic N) is 1. The fourth-order valence-corrected chi connectivity index (χ4v) is 0.763. The van der Waals surface area contributed by atoms with Gasteiger partial charge in [0.15, 0.2) is 5.96 Å². The average Bonchev–Trinajstić information content (AvgIpc) is 2.20. The quantitative estimate of drug-likeness (QED) is 0.325. The summed E-state index contributed by atoms with van der Waals surface area (Å²) >= 11 is 0.